The third kappa shape index (κ3) is 5.70. The van der Waals surface area contributed by atoms with Crippen molar-refractivity contribution in [2.75, 3.05) is 27.3 Å². The van der Waals surface area contributed by atoms with Crippen LogP contribution in [0.3, 0.4) is 0 Å². The Bertz CT molecular complexity index is 1720. The number of carbonyl (C=O) groups excluding carboxylic acids is 1. The molecule has 5 rings (SSSR count). The van der Waals surface area contributed by atoms with Crippen molar-refractivity contribution in [1.82, 2.24) is 24.8 Å². The van der Waals surface area contributed by atoms with Gasteiger partial charge in [-0.2, -0.15) is 0 Å². The van der Waals surface area contributed by atoms with Crippen LogP contribution in [-0.2, 0) is 21.6 Å². The maximum absolute atomic E-state index is 13.0. The number of fused-ring (bicyclic) bond motifs is 8. The zero-order valence-electron chi connectivity index (χ0n) is 27.9. The zero-order chi connectivity index (χ0) is 31.9. The first-order valence-electron chi connectivity index (χ1n) is 16.0. The van der Waals surface area contributed by atoms with E-state index in [0.717, 1.165) is 73.5 Å². The standard InChI is InChI=1S/C36H49N5O3/c1-10-26-32-16-27-20(2)15-28(37-27)23(5)35-24(11-12-34(43)41(8)13-14-44-9)21(3)30(40-35)17-29-22(4)25(19-42)31(38-29)18-33(39-32)36(26,6)7/h15-18,21,24,26,37-38,42H,10-14,19H2,1-9H3/t21-,24-,26?/m0/s1. The average Bonchev–Trinajstić information content (AvgIpc) is 3.67. The Morgan fingerprint density at radius 3 is 2.36 bits per heavy atom. The number of carbonyl (C=O) groups is 1. The van der Waals surface area contributed by atoms with Gasteiger partial charge in [0.25, 0.3) is 0 Å². The number of amides is 1. The molecule has 3 aromatic rings. The Labute approximate surface area is 261 Å². The van der Waals surface area contributed by atoms with E-state index in [2.05, 4.69) is 82.7 Å². The first-order chi connectivity index (χ1) is 20.9. The highest BCUT2D eigenvalue weighted by molar-refractivity contribution is 5.76. The Morgan fingerprint density at radius 2 is 1.68 bits per heavy atom. The molecule has 2 aliphatic heterocycles. The molecule has 8 bridgehead atoms. The summed E-state index contributed by atoms with van der Waals surface area (Å²) in [5.41, 5.74) is 12.0. The molecule has 0 fully saturated rings. The van der Waals surface area contributed by atoms with E-state index >= 15 is 0 Å². The van der Waals surface area contributed by atoms with Crippen molar-refractivity contribution in [3.63, 3.8) is 0 Å². The van der Waals surface area contributed by atoms with Crippen molar-refractivity contribution >= 4 is 28.0 Å². The maximum Gasteiger partial charge on any atom is 0.222 e. The number of aliphatic hydroxyl groups excluding tert-OH is 1. The number of nitrogens with one attached hydrogen (secondary N) is 2. The van der Waals surface area contributed by atoms with Gasteiger partial charge in [-0.15, -0.1) is 0 Å². The minimum Gasteiger partial charge on any atom is -0.392 e. The predicted octanol–water partition coefficient (Wildman–Crippen LogP) is 6.98. The van der Waals surface area contributed by atoms with Crippen molar-refractivity contribution in [1.29, 1.82) is 0 Å². The summed E-state index contributed by atoms with van der Waals surface area (Å²) < 4.78 is 5.17. The molecule has 3 atom stereocenters. The van der Waals surface area contributed by atoms with E-state index in [-0.39, 0.29) is 35.7 Å². The Balaban J connectivity index is 1.75. The molecular formula is C36H49N5O3. The number of ether oxygens (including phenoxy) is 1. The first kappa shape index (κ1) is 31.9. The summed E-state index contributed by atoms with van der Waals surface area (Å²) in [4.78, 5) is 32.5. The summed E-state index contributed by atoms with van der Waals surface area (Å²) >= 11 is 0. The number of hydrogen-bond donors (Lipinski definition) is 3. The van der Waals surface area contributed by atoms with Gasteiger partial charge in [0.1, 0.15) is 0 Å². The number of H-pyrrole nitrogens is 2. The lowest BCUT2D eigenvalue weighted by molar-refractivity contribution is -0.130. The van der Waals surface area contributed by atoms with Gasteiger partial charge in [-0.3, -0.25) is 14.8 Å². The number of aromatic amines is 2. The number of aromatic nitrogens is 4. The summed E-state index contributed by atoms with van der Waals surface area (Å²) in [6.07, 6.45) is 2.12. The molecule has 8 nitrogen and oxygen atoms in total. The number of aryl methyl sites for hydroxylation is 3. The second-order valence-electron chi connectivity index (χ2n) is 13.3. The predicted molar refractivity (Wildman–Crippen MR) is 177 cm³/mol. The van der Waals surface area contributed by atoms with E-state index in [1.807, 2.05) is 7.05 Å². The van der Waals surface area contributed by atoms with Crippen LogP contribution in [0.1, 0.15) is 110 Å². The van der Waals surface area contributed by atoms with Crippen LogP contribution in [0.4, 0.5) is 0 Å². The summed E-state index contributed by atoms with van der Waals surface area (Å²) in [6, 6.07) is 8.68. The third-order valence-corrected chi connectivity index (χ3v) is 10.3. The van der Waals surface area contributed by atoms with Crippen LogP contribution in [0.15, 0.2) is 24.3 Å². The lowest BCUT2D eigenvalue weighted by atomic mass is 9.75. The van der Waals surface area contributed by atoms with E-state index in [1.165, 1.54) is 0 Å². The number of aliphatic hydroxyl groups is 1. The Morgan fingerprint density at radius 1 is 1.00 bits per heavy atom. The van der Waals surface area contributed by atoms with Crippen LogP contribution >= 0.6 is 0 Å². The summed E-state index contributed by atoms with van der Waals surface area (Å²) in [6.45, 7) is 16.3. The topological polar surface area (TPSA) is 107 Å². The maximum atomic E-state index is 13.0. The second-order valence-corrected chi connectivity index (χ2v) is 13.3. The quantitative estimate of drug-likeness (QED) is 0.259. The van der Waals surface area contributed by atoms with Gasteiger partial charge in [-0.05, 0) is 74.6 Å². The molecule has 1 amide bonds. The number of likely N-dealkylation sites (N-methyl/N-ethyl adjacent to an activating group) is 1. The van der Waals surface area contributed by atoms with Crippen LogP contribution in [0.2, 0.25) is 0 Å². The van der Waals surface area contributed by atoms with Crippen LogP contribution in [0, 0.1) is 20.8 Å². The van der Waals surface area contributed by atoms with Crippen molar-refractivity contribution < 1.29 is 14.6 Å². The van der Waals surface area contributed by atoms with E-state index < -0.39 is 0 Å². The fourth-order valence-electron chi connectivity index (χ4n) is 7.13. The normalized spacial score (nSPS) is 19.4. The average molecular weight is 600 g/mol. The number of hydrogen-bond acceptors (Lipinski definition) is 5. The van der Waals surface area contributed by atoms with Gasteiger partial charge in [0.15, 0.2) is 0 Å². The second kappa shape index (κ2) is 12.5. The number of methoxy groups -OCH3 is 1. The molecule has 8 heteroatoms. The van der Waals surface area contributed by atoms with E-state index in [0.29, 0.717) is 26.0 Å². The molecule has 0 aliphatic carbocycles. The molecular weight excluding hydrogens is 550 g/mol. The van der Waals surface area contributed by atoms with Gasteiger partial charge in [0.05, 0.1) is 13.2 Å². The van der Waals surface area contributed by atoms with E-state index in [1.54, 1.807) is 12.0 Å². The molecule has 3 N–H and O–H groups in total. The lowest BCUT2D eigenvalue weighted by Crippen LogP contribution is -2.30. The third-order valence-electron chi connectivity index (χ3n) is 10.3. The number of rotatable bonds is 8. The minimum atomic E-state index is -0.161. The fourth-order valence-corrected chi connectivity index (χ4v) is 7.13. The van der Waals surface area contributed by atoms with Gasteiger partial charge in [0.2, 0.25) is 5.91 Å². The summed E-state index contributed by atoms with van der Waals surface area (Å²) in [5.74, 6) is 0.584. The fraction of sp³-hybridized carbons (Fsp3) is 0.528. The van der Waals surface area contributed by atoms with Gasteiger partial charge < -0.3 is 24.7 Å². The van der Waals surface area contributed by atoms with Gasteiger partial charge in [0, 0.05) is 101 Å². The molecule has 44 heavy (non-hydrogen) atoms. The molecule has 5 heterocycles. The van der Waals surface area contributed by atoms with Gasteiger partial charge >= 0.3 is 0 Å². The molecule has 1 unspecified atom stereocenters. The van der Waals surface area contributed by atoms with Crippen LogP contribution < -0.4 is 0 Å². The van der Waals surface area contributed by atoms with E-state index in [4.69, 9.17) is 14.7 Å². The Hall–Kier alpha value is -3.49. The molecule has 236 valence electrons. The summed E-state index contributed by atoms with van der Waals surface area (Å²) in [7, 11) is 3.49. The smallest absolute Gasteiger partial charge is 0.222 e. The SMILES string of the molecule is CCC1c2cc3[nH]c(cc3C)c(C)c3nc(cc4[nH]c(cc(n2)C1(C)C)c(CO)c4C)[C@@H](C)[C@@H]3CCC(=O)N(C)CCOC. The van der Waals surface area contributed by atoms with Crippen molar-refractivity contribution in [3.05, 3.63) is 69.3 Å². The minimum absolute atomic E-state index is 0.0621. The first-order valence-corrected chi connectivity index (χ1v) is 16.0. The lowest BCUT2D eigenvalue weighted by Gasteiger charge is -2.26. The van der Waals surface area contributed by atoms with E-state index in [9.17, 15) is 9.90 Å². The largest absolute Gasteiger partial charge is 0.392 e. The van der Waals surface area contributed by atoms with Crippen LogP contribution in [0.5, 0.6) is 0 Å². The highest BCUT2D eigenvalue weighted by Crippen LogP contribution is 2.45. The van der Waals surface area contributed by atoms with Gasteiger partial charge in [-0.1, -0.05) is 27.7 Å². The van der Waals surface area contributed by atoms with Gasteiger partial charge in [-0.25, -0.2) is 0 Å². The number of nitrogens with zero attached hydrogens (tertiary/aromatic N) is 3. The van der Waals surface area contributed by atoms with Crippen molar-refractivity contribution in [2.24, 2.45) is 0 Å². The van der Waals surface area contributed by atoms with Crippen molar-refractivity contribution in [2.45, 2.75) is 97.5 Å². The molecule has 2 aliphatic rings. The highest BCUT2D eigenvalue weighted by atomic mass is 16.5. The summed E-state index contributed by atoms with van der Waals surface area (Å²) in [5, 5.41) is 10.4. The highest BCUT2D eigenvalue weighted by Gasteiger charge is 2.38. The van der Waals surface area contributed by atoms with Crippen LogP contribution in [0.25, 0.3) is 22.1 Å². The zero-order valence-corrected chi connectivity index (χ0v) is 27.9. The molecule has 0 saturated carbocycles. The molecule has 0 radical (unpaired) electrons. The monoisotopic (exact) mass is 599 g/mol. The molecule has 3 aromatic heterocycles. The van der Waals surface area contributed by atoms with Crippen molar-refractivity contribution in [3.8, 4) is 0 Å². The molecule has 0 aromatic carbocycles. The van der Waals surface area contributed by atoms with Crippen LogP contribution in [-0.4, -0.2) is 63.2 Å². The molecule has 0 spiro atoms. The Kier molecular flexibility index (Phi) is 9.06. The molecule has 0 saturated heterocycles.